The van der Waals surface area contributed by atoms with Crippen LogP contribution >= 0.6 is 23.8 Å². The predicted octanol–water partition coefficient (Wildman–Crippen LogP) is 4.66. The molecule has 2 aromatic heterocycles. The second-order valence-corrected chi connectivity index (χ2v) is 6.70. The monoisotopic (exact) mass is 343 g/mol. The van der Waals surface area contributed by atoms with Crippen LogP contribution in [0.1, 0.15) is 29.7 Å². The first-order chi connectivity index (χ1) is 10.9. The van der Waals surface area contributed by atoms with Crippen LogP contribution in [0.4, 0.5) is 0 Å². The van der Waals surface area contributed by atoms with E-state index in [-0.39, 0.29) is 5.92 Å². The van der Waals surface area contributed by atoms with Crippen LogP contribution in [0, 0.1) is 13.8 Å². The molecule has 3 rings (SSSR count). The molecular weight excluding hydrogens is 326 g/mol. The summed E-state index contributed by atoms with van der Waals surface area (Å²) in [5.74, 6) is -0.0761. The van der Waals surface area contributed by atoms with Crippen molar-refractivity contribution in [2.75, 3.05) is 0 Å². The van der Waals surface area contributed by atoms with Crippen LogP contribution in [-0.2, 0) is 0 Å². The summed E-state index contributed by atoms with van der Waals surface area (Å²) in [6.07, 6.45) is 2.01. The predicted molar refractivity (Wildman–Crippen MR) is 100 cm³/mol. The summed E-state index contributed by atoms with van der Waals surface area (Å²) in [5.41, 5.74) is 11.9. The van der Waals surface area contributed by atoms with Crippen LogP contribution in [0.15, 0.2) is 36.5 Å². The van der Waals surface area contributed by atoms with Gasteiger partial charge in [0.2, 0.25) is 0 Å². The van der Waals surface area contributed by atoms with Crippen molar-refractivity contribution in [3.8, 4) is 11.3 Å². The molecule has 118 valence electrons. The highest BCUT2D eigenvalue weighted by Gasteiger charge is 2.22. The van der Waals surface area contributed by atoms with Gasteiger partial charge in [0.25, 0.3) is 0 Å². The van der Waals surface area contributed by atoms with E-state index in [2.05, 4.69) is 23.5 Å². The molecule has 0 spiro atoms. The quantitative estimate of drug-likeness (QED) is 0.703. The third-order valence-electron chi connectivity index (χ3n) is 4.15. The number of hydrogen-bond donors (Lipinski definition) is 1. The highest BCUT2D eigenvalue weighted by atomic mass is 35.5. The van der Waals surface area contributed by atoms with Gasteiger partial charge in [0.1, 0.15) is 5.65 Å². The van der Waals surface area contributed by atoms with Crippen LogP contribution in [0.5, 0.6) is 0 Å². The first-order valence-electron chi connectivity index (χ1n) is 7.43. The Balaban J connectivity index is 2.34. The lowest BCUT2D eigenvalue weighted by atomic mass is 10.0. The van der Waals surface area contributed by atoms with Crippen molar-refractivity contribution in [2.24, 2.45) is 5.73 Å². The fourth-order valence-corrected chi connectivity index (χ4v) is 3.00. The minimum absolute atomic E-state index is 0.0761. The van der Waals surface area contributed by atoms with Gasteiger partial charge in [0, 0.05) is 22.7 Å². The number of aromatic nitrogens is 2. The van der Waals surface area contributed by atoms with E-state index in [4.69, 9.17) is 34.5 Å². The molecule has 0 radical (unpaired) electrons. The topological polar surface area (TPSA) is 43.3 Å². The van der Waals surface area contributed by atoms with Gasteiger partial charge >= 0.3 is 0 Å². The first-order valence-corrected chi connectivity index (χ1v) is 8.22. The number of nitrogens with two attached hydrogens (primary N) is 1. The lowest BCUT2D eigenvalue weighted by Gasteiger charge is -2.13. The molecule has 2 N–H and O–H groups in total. The SMILES string of the molecule is Cc1cc(-c2nc3c(C)cccn3c2C(C)C(N)=S)ccc1Cl. The summed E-state index contributed by atoms with van der Waals surface area (Å²) in [5, 5.41) is 0.748. The van der Waals surface area contributed by atoms with E-state index >= 15 is 0 Å². The fraction of sp³-hybridized carbons (Fsp3) is 0.222. The number of aryl methyl sites for hydroxylation is 2. The summed E-state index contributed by atoms with van der Waals surface area (Å²) in [4.78, 5) is 5.32. The zero-order chi connectivity index (χ0) is 16.7. The molecule has 23 heavy (non-hydrogen) atoms. The first kappa shape index (κ1) is 16.0. The molecule has 1 aromatic carbocycles. The molecule has 0 aliphatic rings. The van der Waals surface area contributed by atoms with E-state index in [1.807, 2.05) is 38.2 Å². The normalized spacial score (nSPS) is 12.5. The van der Waals surface area contributed by atoms with E-state index in [1.54, 1.807) is 0 Å². The Morgan fingerprint density at radius 2 is 2.00 bits per heavy atom. The molecule has 0 fully saturated rings. The van der Waals surface area contributed by atoms with Crippen LogP contribution in [0.25, 0.3) is 16.9 Å². The number of thiocarbonyl (C=S) groups is 1. The lowest BCUT2D eigenvalue weighted by molar-refractivity contribution is 0.928. The van der Waals surface area contributed by atoms with Gasteiger partial charge in [-0.25, -0.2) is 4.98 Å². The van der Waals surface area contributed by atoms with Crippen molar-refractivity contribution in [2.45, 2.75) is 26.7 Å². The molecule has 0 aliphatic carbocycles. The Hall–Kier alpha value is -1.91. The number of pyridine rings is 1. The Labute approximate surface area is 146 Å². The Bertz CT molecular complexity index is 914. The van der Waals surface area contributed by atoms with Gasteiger partial charge in [-0.15, -0.1) is 0 Å². The standard InChI is InChI=1S/C18H18ClN3S/c1-10-5-4-8-22-16(12(3)17(20)23)15(21-18(10)22)13-6-7-14(19)11(2)9-13/h4-9,12H,1-3H3,(H2,20,23). The Morgan fingerprint density at radius 1 is 1.26 bits per heavy atom. The largest absolute Gasteiger partial charge is 0.393 e. The summed E-state index contributed by atoms with van der Waals surface area (Å²) in [6, 6.07) is 10.0. The maximum absolute atomic E-state index is 6.16. The van der Waals surface area contributed by atoms with Crippen LogP contribution in [0.3, 0.4) is 0 Å². The van der Waals surface area contributed by atoms with Crippen LogP contribution < -0.4 is 5.73 Å². The Morgan fingerprint density at radius 3 is 2.65 bits per heavy atom. The van der Waals surface area contributed by atoms with Crippen molar-refractivity contribution in [1.29, 1.82) is 0 Å². The van der Waals surface area contributed by atoms with E-state index in [0.29, 0.717) is 4.99 Å². The molecule has 1 unspecified atom stereocenters. The van der Waals surface area contributed by atoms with Crippen LogP contribution in [-0.4, -0.2) is 14.4 Å². The number of nitrogens with zero attached hydrogens (tertiary/aromatic N) is 2. The van der Waals surface area contributed by atoms with Gasteiger partial charge < -0.3 is 10.1 Å². The molecule has 2 heterocycles. The summed E-state index contributed by atoms with van der Waals surface area (Å²) >= 11 is 11.4. The molecule has 0 bridgehead atoms. The van der Waals surface area contributed by atoms with Gasteiger partial charge in [-0.1, -0.05) is 42.9 Å². The van der Waals surface area contributed by atoms with E-state index in [1.165, 1.54) is 0 Å². The van der Waals surface area contributed by atoms with Crippen molar-refractivity contribution in [3.05, 3.63) is 58.4 Å². The second-order valence-electron chi connectivity index (χ2n) is 5.82. The van der Waals surface area contributed by atoms with Crippen molar-refractivity contribution in [1.82, 2.24) is 9.38 Å². The zero-order valence-electron chi connectivity index (χ0n) is 13.3. The number of hydrogen-bond acceptors (Lipinski definition) is 2. The lowest BCUT2D eigenvalue weighted by Crippen LogP contribution is -2.18. The molecule has 0 saturated heterocycles. The van der Waals surface area contributed by atoms with E-state index < -0.39 is 0 Å². The molecule has 0 saturated carbocycles. The van der Waals surface area contributed by atoms with Gasteiger partial charge in [-0.05, 0) is 43.2 Å². The molecule has 0 aliphatic heterocycles. The minimum atomic E-state index is -0.0761. The number of benzene rings is 1. The number of rotatable bonds is 3. The van der Waals surface area contributed by atoms with Gasteiger partial charge in [-0.2, -0.15) is 0 Å². The fourth-order valence-electron chi connectivity index (χ4n) is 2.78. The number of imidazole rings is 1. The third kappa shape index (κ3) is 2.73. The molecule has 1 atom stereocenters. The van der Waals surface area contributed by atoms with Crippen molar-refractivity contribution in [3.63, 3.8) is 0 Å². The smallest absolute Gasteiger partial charge is 0.140 e. The number of fused-ring (bicyclic) bond motifs is 1. The summed E-state index contributed by atoms with van der Waals surface area (Å²) < 4.78 is 2.08. The third-order valence-corrected chi connectivity index (χ3v) is 4.93. The highest BCUT2D eigenvalue weighted by Crippen LogP contribution is 2.32. The minimum Gasteiger partial charge on any atom is -0.393 e. The van der Waals surface area contributed by atoms with Crippen LogP contribution in [0.2, 0.25) is 5.02 Å². The van der Waals surface area contributed by atoms with Gasteiger partial charge in [-0.3, -0.25) is 0 Å². The summed E-state index contributed by atoms with van der Waals surface area (Å²) in [6.45, 7) is 6.05. The maximum atomic E-state index is 6.16. The van der Waals surface area contributed by atoms with E-state index in [0.717, 1.165) is 38.7 Å². The van der Waals surface area contributed by atoms with Gasteiger partial charge in [0.05, 0.1) is 16.4 Å². The van der Waals surface area contributed by atoms with Crippen molar-refractivity contribution < 1.29 is 0 Å². The molecular formula is C18H18ClN3S. The van der Waals surface area contributed by atoms with Crippen molar-refractivity contribution >= 4 is 34.5 Å². The summed E-state index contributed by atoms with van der Waals surface area (Å²) in [7, 11) is 0. The maximum Gasteiger partial charge on any atom is 0.140 e. The molecule has 5 heteroatoms. The molecule has 3 nitrogen and oxygen atoms in total. The van der Waals surface area contributed by atoms with Gasteiger partial charge in [0.15, 0.2) is 0 Å². The second kappa shape index (κ2) is 5.95. The molecule has 0 amide bonds. The average Bonchev–Trinajstić information content (AvgIpc) is 2.90. The zero-order valence-corrected chi connectivity index (χ0v) is 14.9. The Kier molecular flexibility index (Phi) is 4.13. The van der Waals surface area contributed by atoms with E-state index in [9.17, 15) is 0 Å². The molecule has 3 aromatic rings. The number of halogens is 1. The average molecular weight is 344 g/mol. The highest BCUT2D eigenvalue weighted by molar-refractivity contribution is 7.80.